The molecule has 0 bridgehead atoms. The van der Waals surface area contributed by atoms with Gasteiger partial charge in [-0.3, -0.25) is 4.79 Å². The summed E-state index contributed by atoms with van der Waals surface area (Å²) in [5.41, 5.74) is 5.89. The molecule has 1 aliphatic carbocycles. The summed E-state index contributed by atoms with van der Waals surface area (Å²) in [6, 6.07) is 0.113. The second-order valence-electron chi connectivity index (χ2n) is 4.93. The third kappa shape index (κ3) is 4.61. The third-order valence-corrected chi connectivity index (χ3v) is 3.38. The number of ether oxygens (including phenoxy) is 2. The molecule has 1 saturated heterocycles. The van der Waals surface area contributed by atoms with Crippen LogP contribution in [0.25, 0.3) is 0 Å². The minimum atomic E-state index is -0.0624. The van der Waals surface area contributed by atoms with Crippen LogP contribution in [0.2, 0.25) is 0 Å². The zero-order valence-corrected chi connectivity index (χ0v) is 10.2. The van der Waals surface area contributed by atoms with Crippen LogP contribution in [0.15, 0.2) is 0 Å². The second kappa shape index (κ2) is 6.33. The normalized spacial score (nSPS) is 23.4. The van der Waals surface area contributed by atoms with Crippen molar-refractivity contribution in [3.8, 4) is 0 Å². The van der Waals surface area contributed by atoms with Crippen molar-refractivity contribution in [1.29, 1.82) is 0 Å². The predicted octanol–water partition coefficient (Wildman–Crippen LogP) is 0.0355. The van der Waals surface area contributed by atoms with Crippen LogP contribution in [0.3, 0.4) is 0 Å². The van der Waals surface area contributed by atoms with Crippen LogP contribution in [0.5, 0.6) is 0 Å². The van der Waals surface area contributed by atoms with E-state index in [-0.39, 0.29) is 24.7 Å². The van der Waals surface area contributed by atoms with E-state index in [4.69, 9.17) is 15.2 Å². The van der Waals surface area contributed by atoms with Crippen molar-refractivity contribution >= 4 is 5.91 Å². The maximum absolute atomic E-state index is 11.5. The number of nitrogens with one attached hydrogen (secondary N) is 1. The Kier molecular flexibility index (Phi) is 4.76. The highest BCUT2D eigenvalue weighted by molar-refractivity contribution is 5.77. The van der Waals surface area contributed by atoms with Gasteiger partial charge in [-0.2, -0.15) is 0 Å². The molecule has 17 heavy (non-hydrogen) atoms. The van der Waals surface area contributed by atoms with Gasteiger partial charge in [-0.05, 0) is 31.6 Å². The van der Waals surface area contributed by atoms with Gasteiger partial charge in [0.25, 0.3) is 0 Å². The summed E-state index contributed by atoms with van der Waals surface area (Å²) in [5.74, 6) is 0.555. The number of nitrogens with two attached hydrogens (primary N) is 1. The van der Waals surface area contributed by atoms with E-state index >= 15 is 0 Å². The Morgan fingerprint density at radius 1 is 1.35 bits per heavy atom. The topological polar surface area (TPSA) is 73.6 Å². The average molecular weight is 242 g/mol. The van der Waals surface area contributed by atoms with Gasteiger partial charge in [0.15, 0.2) is 0 Å². The Morgan fingerprint density at radius 2 is 2.06 bits per heavy atom. The zero-order chi connectivity index (χ0) is 12.1. The molecule has 0 aromatic carbocycles. The number of carbonyl (C=O) groups excluding carboxylic acids is 1. The van der Waals surface area contributed by atoms with E-state index in [2.05, 4.69) is 5.32 Å². The molecule has 5 nitrogen and oxygen atoms in total. The number of amides is 1. The highest BCUT2D eigenvalue weighted by Gasteiger charge is 2.28. The van der Waals surface area contributed by atoms with Crippen LogP contribution in [0, 0.1) is 5.92 Å². The summed E-state index contributed by atoms with van der Waals surface area (Å²) in [4.78, 5) is 11.5. The maximum atomic E-state index is 11.5. The van der Waals surface area contributed by atoms with Gasteiger partial charge in [0.05, 0.1) is 6.10 Å². The van der Waals surface area contributed by atoms with Crippen molar-refractivity contribution in [2.24, 2.45) is 11.7 Å². The van der Waals surface area contributed by atoms with E-state index < -0.39 is 0 Å². The molecule has 2 fully saturated rings. The summed E-state index contributed by atoms with van der Waals surface area (Å²) in [5, 5.41) is 2.82. The van der Waals surface area contributed by atoms with Gasteiger partial charge in [-0.25, -0.2) is 0 Å². The van der Waals surface area contributed by atoms with Crippen LogP contribution in [0.4, 0.5) is 0 Å². The molecule has 1 heterocycles. The first-order chi connectivity index (χ1) is 8.25. The highest BCUT2D eigenvalue weighted by Crippen LogP contribution is 2.31. The first-order valence-electron chi connectivity index (χ1n) is 6.47. The van der Waals surface area contributed by atoms with Gasteiger partial charge in [0, 0.05) is 25.8 Å². The molecule has 0 spiro atoms. The highest BCUT2D eigenvalue weighted by atomic mass is 16.5. The van der Waals surface area contributed by atoms with Crippen molar-refractivity contribution in [3.63, 3.8) is 0 Å². The summed E-state index contributed by atoms with van der Waals surface area (Å²) in [6.07, 6.45) is 4.35. The van der Waals surface area contributed by atoms with Crippen molar-refractivity contribution in [2.75, 3.05) is 26.4 Å². The molecule has 0 aromatic rings. The number of carbonyl (C=O) groups is 1. The summed E-state index contributed by atoms with van der Waals surface area (Å²) in [6.45, 7) is 2.18. The lowest BCUT2D eigenvalue weighted by molar-refractivity contribution is -0.129. The second-order valence-corrected chi connectivity index (χ2v) is 4.93. The Hall–Kier alpha value is -0.650. The molecule has 0 radical (unpaired) electrons. The molecule has 3 N–H and O–H groups in total. The molecule has 1 unspecified atom stereocenters. The predicted molar refractivity (Wildman–Crippen MR) is 63.5 cm³/mol. The molecule has 0 aromatic heterocycles. The fourth-order valence-electron chi connectivity index (χ4n) is 2.01. The fourth-order valence-corrected chi connectivity index (χ4v) is 2.01. The van der Waals surface area contributed by atoms with Gasteiger partial charge >= 0.3 is 0 Å². The molecule has 1 atom stereocenters. The van der Waals surface area contributed by atoms with Crippen LogP contribution in [0.1, 0.15) is 25.7 Å². The van der Waals surface area contributed by atoms with E-state index in [1.54, 1.807) is 0 Å². The van der Waals surface area contributed by atoms with Crippen LogP contribution in [-0.2, 0) is 14.3 Å². The van der Waals surface area contributed by atoms with Gasteiger partial charge in [0.2, 0.25) is 5.91 Å². The van der Waals surface area contributed by atoms with Crippen molar-refractivity contribution in [2.45, 2.75) is 37.8 Å². The molecular formula is C12H22N2O3. The first kappa shape index (κ1) is 12.8. The maximum Gasteiger partial charge on any atom is 0.246 e. The smallest absolute Gasteiger partial charge is 0.246 e. The minimum Gasteiger partial charge on any atom is -0.381 e. The van der Waals surface area contributed by atoms with Crippen LogP contribution >= 0.6 is 0 Å². The van der Waals surface area contributed by atoms with Crippen molar-refractivity contribution in [3.05, 3.63) is 0 Å². The Bertz CT molecular complexity index is 250. The van der Waals surface area contributed by atoms with Gasteiger partial charge < -0.3 is 20.5 Å². The van der Waals surface area contributed by atoms with Crippen molar-refractivity contribution in [1.82, 2.24) is 5.32 Å². The summed E-state index contributed by atoms with van der Waals surface area (Å²) < 4.78 is 10.7. The molecular weight excluding hydrogens is 220 g/mol. The largest absolute Gasteiger partial charge is 0.381 e. The zero-order valence-electron chi connectivity index (χ0n) is 10.2. The van der Waals surface area contributed by atoms with Gasteiger partial charge in [-0.1, -0.05) is 0 Å². The third-order valence-electron chi connectivity index (χ3n) is 3.38. The van der Waals surface area contributed by atoms with E-state index in [0.29, 0.717) is 12.5 Å². The van der Waals surface area contributed by atoms with E-state index in [9.17, 15) is 4.79 Å². The summed E-state index contributed by atoms with van der Waals surface area (Å²) >= 11 is 0. The molecule has 1 saturated carbocycles. The number of hydrogen-bond acceptors (Lipinski definition) is 4. The molecule has 5 heteroatoms. The minimum absolute atomic E-state index is 0.0624. The van der Waals surface area contributed by atoms with E-state index in [1.807, 2.05) is 0 Å². The molecule has 1 amide bonds. The summed E-state index contributed by atoms with van der Waals surface area (Å²) in [7, 11) is 0. The number of rotatable bonds is 6. The van der Waals surface area contributed by atoms with E-state index in [0.717, 1.165) is 26.1 Å². The number of hydrogen-bond donors (Lipinski definition) is 2. The van der Waals surface area contributed by atoms with Crippen LogP contribution < -0.4 is 11.1 Å². The average Bonchev–Trinajstić information content (AvgIpc) is 3.19. The first-order valence-corrected chi connectivity index (χ1v) is 6.47. The standard InChI is InChI=1S/C12H22N2O3/c13-11(9-1-2-9)7-14-12(15)8-17-10-3-5-16-6-4-10/h9-11H,1-8,13H2,(H,14,15). The molecule has 1 aliphatic heterocycles. The Balaban J connectivity index is 1.53. The lowest BCUT2D eigenvalue weighted by atomic mass is 10.1. The monoisotopic (exact) mass is 242 g/mol. The lowest BCUT2D eigenvalue weighted by Crippen LogP contribution is -2.40. The quantitative estimate of drug-likeness (QED) is 0.689. The van der Waals surface area contributed by atoms with Crippen LogP contribution in [-0.4, -0.2) is 44.4 Å². The fraction of sp³-hybridized carbons (Fsp3) is 0.917. The lowest BCUT2D eigenvalue weighted by Gasteiger charge is -2.22. The van der Waals surface area contributed by atoms with Crippen molar-refractivity contribution < 1.29 is 14.3 Å². The molecule has 2 rings (SSSR count). The SMILES string of the molecule is NC(CNC(=O)COC1CCOCC1)C1CC1. The van der Waals surface area contributed by atoms with Gasteiger partial charge in [-0.15, -0.1) is 0 Å². The Morgan fingerprint density at radius 3 is 2.71 bits per heavy atom. The van der Waals surface area contributed by atoms with E-state index in [1.165, 1.54) is 12.8 Å². The van der Waals surface area contributed by atoms with Gasteiger partial charge in [0.1, 0.15) is 6.61 Å². The Labute approximate surface area is 102 Å². The molecule has 98 valence electrons. The molecule has 2 aliphatic rings.